The number of fused-ring (bicyclic) bond motifs is 1. The molecule has 0 spiro atoms. The highest BCUT2D eigenvalue weighted by Gasteiger charge is 2.20. The average Bonchev–Trinajstić information content (AvgIpc) is 2.94. The first kappa shape index (κ1) is 20.2. The highest BCUT2D eigenvalue weighted by Crippen LogP contribution is 2.35. The summed E-state index contributed by atoms with van der Waals surface area (Å²) in [6.07, 6.45) is 3.63. The average molecular weight is 402 g/mol. The van der Waals surface area contributed by atoms with Gasteiger partial charge < -0.3 is 10.3 Å². The normalized spacial score (nSPS) is 13.8. The molecule has 4 N–H and O–H groups in total. The molecule has 0 saturated carbocycles. The number of halogens is 1. The van der Waals surface area contributed by atoms with Crippen LogP contribution in [-0.4, -0.2) is 24.0 Å². The van der Waals surface area contributed by atoms with Crippen LogP contribution in [0.25, 0.3) is 22.2 Å². The summed E-state index contributed by atoms with van der Waals surface area (Å²) in [6.45, 7) is 3.68. The lowest BCUT2D eigenvalue weighted by atomic mass is 10.0. The number of nitrogens with two attached hydrogens (primary N) is 2. The van der Waals surface area contributed by atoms with E-state index in [1.807, 2.05) is 23.6 Å². The van der Waals surface area contributed by atoms with E-state index in [0.29, 0.717) is 17.6 Å². The topological polar surface area (TPSA) is 104 Å². The van der Waals surface area contributed by atoms with Crippen LogP contribution >= 0.6 is 0 Å². The molecule has 28 heavy (non-hydrogen) atoms. The van der Waals surface area contributed by atoms with Gasteiger partial charge in [-0.25, -0.2) is 22.9 Å². The lowest BCUT2D eigenvalue weighted by Crippen LogP contribution is -2.13. The fraction of sp³-hybridized carbons (Fsp3) is 0.250. The second-order valence-corrected chi connectivity index (χ2v) is 8.24. The number of nitrogens with zero attached hydrogens (tertiary/aromatic N) is 2. The molecule has 1 aromatic carbocycles. The molecule has 0 fully saturated rings. The maximum absolute atomic E-state index is 14.5. The molecule has 1 atom stereocenters. The van der Waals surface area contributed by atoms with Gasteiger partial charge in [0.05, 0.1) is 11.4 Å². The lowest BCUT2D eigenvalue weighted by Gasteiger charge is -2.10. The Bertz CT molecular complexity index is 1150. The molecule has 0 aliphatic heterocycles. The number of sulfonamides is 1. The van der Waals surface area contributed by atoms with Crippen molar-refractivity contribution in [2.75, 3.05) is 0 Å². The van der Waals surface area contributed by atoms with E-state index >= 15 is 0 Å². The third-order valence-corrected chi connectivity index (χ3v) is 5.38. The zero-order valence-electron chi connectivity index (χ0n) is 15.8. The van der Waals surface area contributed by atoms with E-state index in [-0.39, 0.29) is 17.3 Å². The van der Waals surface area contributed by atoms with Gasteiger partial charge in [0.25, 0.3) is 0 Å². The van der Waals surface area contributed by atoms with E-state index in [9.17, 15) is 12.8 Å². The molecule has 0 amide bonds. The van der Waals surface area contributed by atoms with Crippen LogP contribution in [0.15, 0.2) is 59.4 Å². The maximum atomic E-state index is 14.5. The molecular formula is C20H23FN4O2S. The Labute approximate surface area is 163 Å². The van der Waals surface area contributed by atoms with E-state index in [1.54, 1.807) is 25.3 Å². The van der Waals surface area contributed by atoms with Crippen LogP contribution in [-0.2, 0) is 23.0 Å². The zero-order chi connectivity index (χ0) is 20.5. The Morgan fingerprint density at radius 2 is 2.07 bits per heavy atom. The van der Waals surface area contributed by atoms with Crippen molar-refractivity contribution in [3.8, 4) is 11.1 Å². The molecule has 0 aliphatic carbocycles. The number of allylic oxidation sites excluding steroid dienone is 1. The molecule has 0 saturated heterocycles. The summed E-state index contributed by atoms with van der Waals surface area (Å²) >= 11 is 0. The Morgan fingerprint density at radius 3 is 2.71 bits per heavy atom. The summed E-state index contributed by atoms with van der Waals surface area (Å²) < 4.78 is 39.8. The summed E-state index contributed by atoms with van der Waals surface area (Å²) in [5.41, 5.74) is 8.67. The van der Waals surface area contributed by atoms with Gasteiger partial charge in [0.2, 0.25) is 10.0 Å². The van der Waals surface area contributed by atoms with Gasteiger partial charge in [0.15, 0.2) is 0 Å². The highest BCUT2D eigenvalue weighted by atomic mass is 32.2. The number of aromatic nitrogens is 2. The van der Waals surface area contributed by atoms with Gasteiger partial charge in [-0.3, -0.25) is 0 Å². The molecule has 1 unspecified atom stereocenters. The minimum Gasteiger partial charge on any atom is -0.325 e. The molecule has 0 bridgehead atoms. The summed E-state index contributed by atoms with van der Waals surface area (Å²) in [5, 5.41) is 6.11. The molecule has 0 aliphatic rings. The zero-order valence-corrected chi connectivity index (χ0v) is 16.6. The van der Waals surface area contributed by atoms with Crippen LogP contribution in [0.4, 0.5) is 4.39 Å². The predicted octanol–water partition coefficient (Wildman–Crippen LogP) is 3.11. The molecule has 2 aromatic heterocycles. The monoisotopic (exact) mass is 402 g/mol. The maximum Gasteiger partial charge on any atom is 0.238 e. The van der Waals surface area contributed by atoms with E-state index in [4.69, 9.17) is 10.9 Å². The minimum absolute atomic E-state index is 0.00705. The van der Waals surface area contributed by atoms with Gasteiger partial charge in [-0.15, -0.1) is 0 Å². The van der Waals surface area contributed by atoms with Gasteiger partial charge in [0, 0.05) is 28.9 Å². The van der Waals surface area contributed by atoms with E-state index in [0.717, 1.165) is 16.6 Å². The standard InChI is InChI=1S/C20H23FN4O2S/c1-3-18-19(14-6-4-7-16(11-14)28(23,26)27)17-8-5-9-24-20(17)25(18)12-15(21)10-13(2)22/h4-11,13H,3,12,22H2,1-2H3,(H2,23,26,27)/b15-10-. The second-order valence-electron chi connectivity index (χ2n) is 6.68. The van der Waals surface area contributed by atoms with Crippen LogP contribution in [0.2, 0.25) is 0 Å². The fourth-order valence-electron chi connectivity index (χ4n) is 3.40. The minimum atomic E-state index is -3.84. The summed E-state index contributed by atoms with van der Waals surface area (Å²) in [5.74, 6) is -0.350. The third-order valence-electron chi connectivity index (χ3n) is 4.47. The number of hydrogen-bond acceptors (Lipinski definition) is 4. The quantitative estimate of drug-likeness (QED) is 0.661. The van der Waals surface area contributed by atoms with Gasteiger partial charge in [-0.1, -0.05) is 19.1 Å². The number of benzene rings is 1. The fourth-order valence-corrected chi connectivity index (χ4v) is 3.96. The van der Waals surface area contributed by atoms with E-state index < -0.39 is 16.1 Å². The van der Waals surface area contributed by atoms with Crippen molar-refractivity contribution in [1.29, 1.82) is 0 Å². The molecule has 148 valence electrons. The van der Waals surface area contributed by atoms with Gasteiger partial charge in [-0.05, 0) is 49.2 Å². The first-order chi connectivity index (χ1) is 13.2. The van der Waals surface area contributed by atoms with Gasteiger partial charge >= 0.3 is 0 Å². The van der Waals surface area contributed by atoms with Crippen LogP contribution in [0.5, 0.6) is 0 Å². The first-order valence-electron chi connectivity index (χ1n) is 8.93. The Kier molecular flexibility index (Phi) is 5.64. The summed E-state index contributed by atoms with van der Waals surface area (Å²) in [7, 11) is -3.84. The van der Waals surface area contributed by atoms with Crippen LogP contribution in [0.3, 0.4) is 0 Å². The Morgan fingerprint density at radius 1 is 1.32 bits per heavy atom. The van der Waals surface area contributed by atoms with Crippen molar-refractivity contribution >= 4 is 21.1 Å². The molecular weight excluding hydrogens is 379 g/mol. The largest absolute Gasteiger partial charge is 0.325 e. The lowest BCUT2D eigenvalue weighted by molar-refractivity contribution is 0.546. The van der Waals surface area contributed by atoms with E-state index in [2.05, 4.69) is 4.98 Å². The molecule has 6 nitrogen and oxygen atoms in total. The van der Waals surface area contributed by atoms with Crippen molar-refractivity contribution in [2.24, 2.45) is 10.9 Å². The first-order valence-corrected chi connectivity index (χ1v) is 10.5. The van der Waals surface area contributed by atoms with Crippen molar-refractivity contribution in [3.05, 3.63) is 60.2 Å². The molecule has 8 heteroatoms. The molecule has 0 radical (unpaired) electrons. The number of primary sulfonamides is 1. The smallest absolute Gasteiger partial charge is 0.238 e. The van der Waals surface area contributed by atoms with Crippen molar-refractivity contribution in [1.82, 2.24) is 9.55 Å². The Balaban J connectivity index is 2.27. The third kappa shape index (κ3) is 3.99. The van der Waals surface area contributed by atoms with Crippen molar-refractivity contribution < 1.29 is 12.8 Å². The highest BCUT2D eigenvalue weighted by molar-refractivity contribution is 7.89. The molecule has 2 heterocycles. The second kappa shape index (κ2) is 7.83. The van der Waals surface area contributed by atoms with Crippen molar-refractivity contribution in [2.45, 2.75) is 37.8 Å². The summed E-state index contributed by atoms with van der Waals surface area (Å²) in [4.78, 5) is 4.46. The molecule has 3 aromatic rings. The Hall–Kier alpha value is -2.55. The SMILES string of the molecule is CCc1c(-c2cccc(S(N)(=O)=O)c2)c2cccnc2n1C/C(F)=C/C(C)N. The van der Waals surface area contributed by atoms with Crippen LogP contribution < -0.4 is 10.9 Å². The van der Waals surface area contributed by atoms with Crippen LogP contribution in [0.1, 0.15) is 19.5 Å². The number of rotatable bonds is 6. The van der Waals surface area contributed by atoms with Crippen LogP contribution in [0, 0.1) is 0 Å². The van der Waals surface area contributed by atoms with Gasteiger partial charge in [0.1, 0.15) is 11.5 Å². The number of hydrogen-bond donors (Lipinski definition) is 2. The van der Waals surface area contributed by atoms with Crippen molar-refractivity contribution in [3.63, 3.8) is 0 Å². The number of pyridine rings is 1. The van der Waals surface area contributed by atoms with Gasteiger partial charge in [-0.2, -0.15) is 0 Å². The predicted molar refractivity (Wildman–Crippen MR) is 109 cm³/mol. The van der Waals surface area contributed by atoms with E-state index in [1.165, 1.54) is 18.2 Å². The summed E-state index contributed by atoms with van der Waals surface area (Å²) in [6, 6.07) is 9.74. The molecule has 3 rings (SSSR count).